The second-order valence-electron chi connectivity index (χ2n) is 15.2. The molecule has 0 N–H and O–H groups in total. The Bertz CT molecular complexity index is 3020. The zero-order valence-corrected chi connectivity index (χ0v) is 30.0. The average Bonchev–Trinajstić information content (AvgIpc) is 3.80. The van der Waals surface area contributed by atoms with Crippen LogP contribution in [0.3, 0.4) is 0 Å². The molecule has 2 aliphatic rings. The highest BCUT2D eigenvalue weighted by Crippen LogP contribution is 2.49. The first-order valence-electron chi connectivity index (χ1n) is 18.8. The zero-order valence-electron chi connectivity index (χ0n) is 30.0. The lowest BCUT2D eigenvalue weighted by Crippen LogP contribution is -2.15. The van der Waals surface area contributed by atoms with Crippen molar-refractivity contribution < 1.29 is 0 Å². The maximum Gasteiger partial charge on any atom is 0.0541 e. The molecule has 2 heteroatoms. The predicted octanol–water partition coefficient (Wildman–Crippen LogP) is 13.6. The van der Waals surface area contributed by atoms with Gasteiger partial charge in [0.05, 0.1) is 22.1 Å². The Balaban J connectivity index is 1.07. The van der Waals surface area contributed by atoms with Gasteiger partial charge in [0.25, 0.3) is 0 Å². The van der Waals surface area contributed by atoms with Crippen molar-refractivity contribution >= 4 is 54.9 Å². The normalized spacial score (nSPS) is 14.8. The van der Waals surface area contributed by atoms with E-state index in [1.165, 1.54) is 99.5 Å². The van der Waals surface area contributed by atoms with E-state index in [1.54, 1.807) is 0 Å². The number of fused-ring (bicyclic) bond motifs is 9. The molecule has 0 aliphatic heterocycles. The number of allylic oxidation sites excluding steroid dienone is 4. The first-order chi connectivity index (χ1) is 26.1. The Morgan fingerprint density at radius 2 is 1.04 bits per heavy atom. The highest BCUT2D eigenvalue weighted by molar-refractivity contribution is 6.14. The summed E-state index contributed by atoms with van der Waals surface area (Å²) in [6.45, 7) is 4.72. The maximum atomic E-state index is 2.52. The summed E-state index contributed by atoms with van der Waals surface area (Å²) >= 11 is 0. The highest BCUT2D eigenvalue weighted by Gasteiger charge is 2.35. The van der Waals surface area contributed by atoms with E-state index in [0.717, 1.165) is 12.8 Å². The lowest BCUT2D eigenvalue weighted by molar-refractivity contribution is 0.660. The third-order valence-corrected chi connectivity index (χ3v) is 12.0. The number of para-hydroxylation sites is 2. The number of rotatable bonds is 4. The molecule has 9 aromatic rings. The van der Waals surface area contributed by atoms with Gasteiger partial charge in [-0.1, -0.05) is 135 Å². The lowest BCUT2D eigenvalue weighted by Gasteiger charge is -2.22. The number of nitrogens with zero attached hydrogens (tertiary/aromatic N) is 2. The van der Waals surface area contributed by atoms with Crippen LogP contribution in [0.5, 0.6) is 0 Å². The summed E-state index contributed by atoms with van der Waals surface area (Å²) in [5, 5.41) is 5.13. The van der Waals surface area contributed by atoms with Crippen molar-refractivity contribution in [1.82, 2.24) is 9.13 Å². The summed E-state index contributed by atoms with van der Waals surface area (Å²) in [4.78, 5) is 0. The van der Waals surface area contributed by atoms with E-state index < -0.39 is 0 Å². The quantitative estimate of drug-likeness (QED) is 0.175. The molecule has 53 heavy (non-hydrogen) atoms. The smallest absolute Gasteiger partial charge is 0.0541 e. The molecule has 0 saturated heterocycles. The summed E-state index contributed by atoms with van der Waals surface area (Å²) in [6, 6.07) is 58.7. The van der Waals surface area contributed by atoms with E-state index in [-0.39, 0.29) is 5.41 Å². The minimum absolute atomic E-state index is 0.0526. The van der Waals surface area contributed by atoms with Crippen LogP contribution in [0.1, 0.15) is 43.4 Å². The maximum absolute atomic E-state index is 2.52. The SMILES string of the molecule is CC1(C)c2ccccc2-c2ccc(-n3c4ccccc4c4cc(-c5ccc6c(c5)c5ccccc5n6C5=C(c6ccccc6)C=CCC5)ccc43)cc21. The van der Waals surface area contributed by atoms with Gasteiger partial charge in [-0.15, -0.1) is 0 Å². The summed E-state index contributed by atoms with van der Waals surface area (Å²) in [6.07, 6.45) is 6.68. The van der Waals surface area contributed by atoms with Crippen molar-refractivity contribution in [2.45, 2.75) is 32.1 Å². The van der Waals surface area contributed by atoms with E-state index in [4.69, 9.17) is 0 Å². The standard InChI is InChI=1S/C51H38N2/c1-51(2)44-20-10-6-17-38(44)39-27-26-36(32-45(39)51)52-47-22-12-8-18-40(47)42-30-34(24-28-49(42)52)35-25-29-50-43(31-35)41-19-9-13-23-48(41)53(50)46-21-11-7-16-37(46)33-14-4-3-5-15-33/h3-10,12-20,22-32H,11,21H2,1-2H3. The highest BCUT2D eigenvalue weighted by atomic mass is 15.0. The van der Waals surface area contributed by atoms with Gasteiger partial charge in [0.1, 0.15) is 0 Å². The fraction of sp³-hybridized carbons (Fsp3) is 0.0980. The van der Waals surface area contributed by atoms with Gasteiger partial charge in [-0.3, -0.25) is 0 Å². The Morgan fingerprint density at radius 1 is 0.453 bits per heavy atom. The van der Waals surface area contributed by atoms with Crippen molar-refractivity contribution in [3.05, 3.63) is 187 Å². The van der Waals surface area contributed by atoms with Crippen molar-refractivity contribution in [2.75, 3.05) is 0 Å². The molecular weight excluding hydrogens is 641 g/mol. The lowest BCUT2D eigenvalue weighted by atomic mass is 9.82. The van der Waals surface area contributed by atoms with Crippen LogP contribution in [-0.4, -0.2) is 9.13 Å². The molecule has 0 bridgehead atoms. The average molecular weight is 679 g/mol. The van der Waals surface area contributed by atoms with E-state index >= 15 is 0 Å². The number of hydrogen-bond donors (Lipinski definition) is 0. The summed E-state index contributed by atoms with van der Waals surface area (Å²) < 4.78 is 4.98. The fourth-order valence-electron chi connectivity index (χ4n) is 9.47. The third-order valence-electron chi connectivity index (χ3n) is 12.0. The van der Waals surface area contributed by atoms with Gasteiger partial charge in [0.15, 0.2) is 0 Å². The zero-order chi connectivity index (χ0) is 35.3. The molecule has 2 aromatic heterocycles. The van der Waals surface area contributed by atoms with Crippen LogP contribution in [0.15, 0.2) is 170 Å². The number of benzene rings is 7. The van der Waals surface area contributed by atoms with Crippen LogP contribution in [-0.2, 0) is 5.41 Å². The Labute approximate surface area is 309 Å². The summed E-state index contributed by atoms with van der Waals surface area (Å²) in [7, 11) is 0. The topological polar surface area (TPSA) is 9.86 Å². The molecule has 7 aromatic carbocycles. The molecule has 252 valence electrons. The van der Waals surface area contributed by atoms with Gasteiger partial charge in [0.2, 0.25) is 0 Å². The molecule has 2 heterocycles. The van der Waals surface area contributed by atoms with Gasteiger partial charge in [-0.05, 0) is 100 Å². The Hall–Kier alpha value is -6.38. The van der Waals surface area contributed by atoms with Crippen LogP contribution in [0.4, 0.5) is 0 Å². The molecule has 0 saturated carbocycles. The molecule has 11 rings (SSSR count). The second kappa shape index (κ2) is 11.3. The predicted molar refractivity (Wildman–Crippen MR) is 225 cm³/mol. The van der Waals surface area contributed by atoms with E-state index in [9.17, 15) is 0 Å². The van der Waals surface area contributed by atoms with Crippen LogP contribution in [0.2, 0.25) is 0 Å². The minimum atomic E-state index is -0.0526. The molecule has 0 amide bonds. The Kier molecular flexibility index (Phi) is 6.46. The number of hydrogen-bond acceptors (Lipinski definition) is 0. The van der Waals surface area contributed by atoms with E-state index in [0.29, 0.717) is 0 Å². The van der Waals surface area contributed by atoms with E-state index in [2.05, 4.69) is 193 Å². The first kappa shape index (κ1) is 30.3. The van der Waals surface area contributed by atoms with Gasteiger partial charge in [-0.25, -0.2) is 0 Å². The van der Waals surface area contributed by atoms with Crippen LogP contribution >= 0.6 is 0 Å². The summed E-state index contributed by atoms with van der Waals surface area (Å²) in [5.74, 6) is 0. The molecule has 0 atom stereocenters. The Morgan fingerprint density at radius 3 is 1.77 bits per heavy atom. The first-order valence-corrected chi connectivity index (χ1v) is 18.8. The largest absolute Gasteiger partial charge is 0.312 e. The van der Waals surface area contributed by atoms with E-state index in [1.807, 2.05) is 0 Å². The molecule has 0 unspecified atom stereocenters. The van der Waals surface area contributed by atoms with Gasteiger partial charge in [0, 0.05) is 43.9 Å². The molecule has 2 nitrogen and oxygen atoms in total. The van der Waals surface area contributed by atoms with Crippen molar-refractivity contribution in [2.24, 2.45) is 0 Å². The number of aromatic nitrogens is 2. The van der Waals surface area contributed by atoms with Crippen molar-refractivity contribution in [3.8, 4) is 27.9 Å². The molecule has 2 aliphatic carbocycles. The molecular formula is C51H38N2. The fourth-order valence-corrected chi connectivity index (χ4v) is 9.47. The molecule has 0 spiro atoms. The third kappa shape index (κ3) is 4.39. The van der Waals surface area contributed by atoms with Crippen LogP contribution in [0.25, 0.3) is 82.8 Å². The minimum Gasteiger partial charge on any atom is -0.312 e. The van der Waals surface area contributed by atoms with Crippen LogP contribution < -0.4 is 0 Å². The molecule has 0 fully saturated rings. The second-order valence-corrected chi connectivity index (χ2v) is 15.2. The van der Waals surface area contributed by atoms with Gasteiger partial charge >= 0.3 is 0 Å². The molecule has 0 radical (unpaired) electrons. The monoisotopic (exact) mass is 678 g/mol. The summed E-state index contributed by atoms with van der Waals surface area (Å²) in [5.41, 5.74) is 18.0. The van der Waals surface area contributed by atoms with Crippen molar-refractivity contribution in [3.63, 3.8) is 0 Å². The van der Waals surface area contributed by atoms with Gasteiger partial charge in [-0.2, -0.15) is 0 Å². The van der Waals surface area contributed by atoms with Crippen molar-refractivity contribution in [1.29, 1.82) is 0 Å². The van der Waals surface area contributed by atoms with Crippen LogP contribution in [0, 0.1) is 0 Å². The van der Waals surface area contributed by atoms with Gasteiger partial charge < -0.3 is 9.13 Å².